The maximum absolute atomic E-state index is 10.2. The third kappa shape index (κ3) is 7.46. The molecular formula is C28H36N4O3S. The number of hydrogen-bond acceptors (Lipinski definition) is 8. The molecule has 0 saturated carbocycles. The lowest BCUT2D eigenvalue weighted by Gasteiger charge is -2.23. The summed E-state index contributed by atoms with van der Waals surface area (Å²) in [6.07, 6.45) is 2.95. The number of nitrogens with zero attached hydrogens (tertiary/aromatic N) is 3. The maximum atomic E-state index is 10.2. The van der Waals surface area contributed by atoms with Crippen molar-refractivity contribution >= 4 is 34.7 Å². The second-order valence-corrected chi connectivity index (χ2v) is 9.95. The Hall–Kier alpha value is -3.07. The summed E-state index contributed by atoms with van der Waals surface area (Å²) in [4.78, 5) is 30.5. The van der Waals surface area contributed by atoms with Gasteiger partial charge in [0.15, 0.2) is 5.13 Å². The highest BCUT2D eigenvalue weighted by Gasteiger charge is 2.17. The fraction of sp³-hybridized carbons (Fsp3) is 0.393. The van der Waals surface area contributed by atoms with E-state index in [1.807, 2.05) is 38.2 Å². The standard InChI is InChI=1S/C14H17N3S.C8H8O.C6H11NO2/c1-9-13(16-14(15-2)18-9)11-4-5-12-10(8-11)6-7-17(12)3;1-7-4-2-3-5-8(7)6-9;8-4-1-7-2-5-9-6-3-7/h4-5,8H,6-7H2,1-3H3,(H,15,16);2-6H,1H3;4H,1-3,5-6H2. The lowest BCUT2D eigenvalue weighted by Crippen LogP contribution is -2.37. The van der Waals surface area contributed by atoms with Gasteiger partial charge in [0.1, 0.15) is 12.6 Å². The number of rotatable bonds is 5. The van der Waals surface area contributed by atoms with Crippen molar-refractivity contribution in [2.45, 2.75) is 20.3 Å². The van der Waals surface area contributed by atoms with E-state index in [4.69, 9.17) is 4.74 Å². The quantitative estimate of drug-likeness (QED) is 0.510. The van der Waals surface area contributed by atoms with Gasteiger partial charge in [-0.2, -0.15) is 0 Å². The number of fused-ring (bicyclic) bond motifs is 1. The summed E-state index contributed by atoms with van der Waals surface area (Å²) in [6.45, 7) is 9.08. The van der Waals surface area contributed by atoms with Crippen LogP contribution in [0.2, 0.25) is 0 Å². The van der Waals surface area contributed by atoms with E-state index in [9.17, 15) is 9.59 Å². The van der Waals surface area contributed by atoms with Crippen molar-refractivity contribution in [1.82, 2.24) is 9.88 Å². The van der Waals surface area contributed by atoms with Crippen LogP contribution in [0.5, 0.6) is 0 Å². The molecule has 2 aromatic carbocycles. The highest BCUT2D eigenvalue weighted by atomic mass is 32.1. The van der Waals surface area contributed by atoms with Gasteiger partial charge in [-0.15, -0.1) is 11.3 Å². The zero-order valence-corrected chi connectivity index (χ0v) is 22.4. The first kappa shape index (κ1) is 27.5. The molecule has 0 amide bonds. The summed E-state index contributed by atoms with van der Waals surface area (Å²) in [5.74, 6) is 0. The van der Waals surface area contributed by atoms with E-state index in [-0.39, 0.29) is 0 Å². The number of ether oxygens (including phenoxy) is 1. The van der Waals surface area contributed by atoms with Crippen LogP contribution >= 0.6 is 11.3 Å². The number of aryl methyl sites for hydroxylation is 2. The zero-order chi connectivity index (χ0) is 25.9. The number of aldehydes is 2. The summed E-state index contributed by atoms with van der Waals surface area (Å²) in [5.41, 5.74) is 6.96. The van der Waals surface area contributed by atoms with Gasteiger partial charge in [0.05, 0.1) is 25.5 Å². The molecule has 0 bridgehead atoms. The number of thiazole rings is 1. The maximum Gasteiger partial charge on any atom is 0.183 e. The summed E-state index contributed by atoms with van der Waals surface area (Å²) < 4.78 is 5.09. The topological polar surface area (TPSA) is 74.8 Å². The van der Waals surface area contributed by atoms with Crippen LogP contribution in [-0.4, -0.2) is 75.9 Å². The monoisotopic (exact) mass is 508 g/mol. The van der Waals surface area contributed by atoms with Crippen LogP contribution in [0.15, 0.2) is 42.5 Å². The lowest BCUT2D eigenvalue weighted by molar-refractivity contribution is -0.109. The smallest absolute Gasteiger partial charge is 0.183 e. The molecule has 2 aliphatic rings. The van der Waals surface area contributed by atoms with Gasteiger partial charge >= 0.3 is 0 Å². The Morgan fingerprint density at radius 3 is 2.44 bits per heavy atom. The Morgan fingerprint density at radius 1 is 1.08 bits per heavy atom. The molecule has 5 rings (SSSR count). The van der Waals surface area contributed by atoms with Crippen molar-refractivity contribution in [1.29, 1.82) is 0 Å². The number of aromatic nitrogens is 1. The second kappa shape index (κ2) is 13.9. The molecule has 0 radical (unpaired) electrons. The third-order valence-corrected chi connectivity index (χ3v) is 7.23. The van der Waals surface area contributed by atoms with Crippen LogP contribution in [0.25, 0.3) is 11.3 Å². The van der Waals surface area contributed by atoms with Gasteiger partial charge in [0, 0.05) is 55.4 Å². The van der Waals surface area contributed by atoms with Crippen molar-refractivity contribution in [2.24, 2.45) is 0 Å². The molecule has 7 nitrogen and oxygen atoms in total. The Kier molecular flexibility index (Phi) is 10.6. The van der Waals surface area contributed by atoms with Gasteiger partial charge in [0.2, 0.25) is 0 Å². The second-order valence-electron chi connectivity index (χ2n) is 8.74. The molecule has 1 fully saturated rings. The van der Waals surface area contributed by atoms with Crippen LogP contribution < -0.4 is 10.2 Å². The third-order valence-electron chi connectivity index (χ3n) is 6.24. The van der Waals surface area contributed by atoms with Gasteiger partial charge < -0.3 is 19.7 Å². The number of anilines is 2. The van der Waals surface area contributed by atoms with Crippen molar-refractivity contribution in [3.8, 4) is 11.3 Å². The predicted octanol–water partition coefficient (Wildman–Crippen LogP) is 4.48. The molecule has 1 saturated heterocycles. The fourth-order valence-corrected chi connectivity index (χ4v) is 4.88. The molecule has 192 valence electrons. The number of benzene rings is 2. The van der Waals surface area contributed by atoms with Crippen LogP contribution in [-0.2, 0) is 16.0 Å². The van der Waals surface area contributed by atoms with Crippen molar-refractivity contribution < 1.29 is 14.3 Å². The first-order valence-electron chi connectivity index (χ1n) is 12.2. The minimum Gasteiger partial charge on any atom is -0.379 e. The van der Waals surface area contributed by atoms with E-state index < -0.39 is 0 Å². The molecule has 2 aliphatic heterocycles. The van der Waals surface area contributed by atoms with Gasteiger partial charge in [-0.3, -0.25) is 9.69 Å². The average molecular weight is 509 g/mol. The van der Waals surface area contributed by atoms with Gasteiger partial charge in [0.25, 0.3) is 0 Å². The number of carbonyl (C=O) groups is 2. The van der Waals surface area contributed by atoms with E-state index in [1.54, 1.807) is 11.3 Å². The Labute approximate surface area is 218 Å². The number of likely N-dealkylation sites (N-methyl/N-ethyl adjacent to an activating group) is 1. The van der Waals surface area contributed by atoms with Crippen molar-refractivity contribution in [2.75, 3.05) is 63.7 Å². The first-order chi connectivity index (χ1) is 17.5. The predicted molar refractivity (Wildman–Crippen MR) is 149 cm³/mol. The Bertz CT molecular complexity index is 1140. The van der Waals surface area contributed by atoms with E-state index in [0.717, 1.165) is 73.8 Å². The van der Waals surface area contributed by atoms with E-state index in [1.165, 1.54) is 21.7 Å². The van der Waals surface area contributed by atoms with E-state index in [0.29, 0.717) is 6.54 Å². The molecule has 8 heteroatoms. The minimum atomic E-state index is 0.559. The SMILES string of the molecule is CNc1nc(-c2ccc3c(c2)CCN3C)c(C)s1.Cc1ccccc1C=O.O=CCN1CCOCC1. The molecule has 36 heavy (non-hydrogen) atoms. The number of morpholine rings is 1. The Balaban J connectivity index is 0.000000169. The average Bonchev–Trinajstić information content (AvgIpc) is 3.47. The van der Waals surface area contributed by atoms with E-state index in [2.05, 4.69) is 52.3 Å². The zero-order valence-electron chi connectivity index (χ0n) is 21.6. The number of hydrogen-bond donors (Lipinski definition) is 1. The van der Waals surface area contributed by atoms with Crippen LogP contribution in [0, 0.1) is 13.8 Å². The van der Waals surface area contributed by atoms with Crippen molar-refractivity contribution in [3.05, 3.63) is 64.0 Å². The molecular weight excluding hydrogens is 472 g/mol. The van der Waals surface area contributed by atoms with Crippen LogP contribution in [0.3, 0.4) is 0 Å². The largest absolute Gasteiger partial charge is 0.379 e. The summed E-state index contributed by atoms with van der Waals surface area (Å²) in [5, 5.41) is 4.10. The molecule has 0 spiro atoms. The first-order valence-corrected chi connectivity index (χ1v) is 13.0. The highest BCUT2D eigenvalue weighted by Crippen LogP contribution is 2.34. The molecule has 3 aromatic rings. The Morgan fingerprint density at radius 2 is 1.83 bits per heavy atom. The van der Waals surface area contributed by atoms with E-state index >= 15 is 0 Å². The van der Waals surface area contributed by atoms with Crippen molar-refractivity contribution in [3.63, 3.8) is 0 Å². The van der Waals surface area contributed by atoms with Crippen LogP contribution in [0.1, 0.15) is 26.4 Å². The molecule has 0 unspecified atom stereocenters. The highest BCUT2D eigenvalue weighted by molar-refractivity contribution is 7.15. The molecule has 3 heterocycles. The minimum absolute atomic E-state index is 0.559. The summed E-state index contributed by atoms with van der Waals surface area (Å²) >= 11 is 1.71. The normalized spacial score (nSPS) is 14.6. The molecule has 0 aliphatic carbocycles. The lowest BCUT2D eigenvalue weighted by atomic mass is 10.1. The van der Waals surface area contributed by atoms with Gasteiger partial charge in [-0.1, -0.05) is 30.3 Å². The van der Waals surface area contributed by atoms with Gasteiger partial charge in [-0.05, 0) is 43.5 Å². The fourth-order valence-electron chi connectivity index (χ4n) is 4.09. The summed E-state index contributed by atoms with van der Waals surface area (Å²) in [7, 11) is 4.07. The molecule has 1 aromatic heterocycles. The van der Waals surface area contributed by atoms with Gasteiger partial charge in [-0.25, -0.2) is 4.98 Å². The van der Waals surface area contributed by atoms with Crippen LogP contribution in [0.4, 0.5) is 10.8 Å². The molecule has 0 atom stereocenters. The number of nitrogens with one attached hydrogen (secondary N) is 1. The summed E-state index contributed by atoms with van der Waals surface area (Å²) in [6, 6.07) is 14.2. The number of carbonyl (C=O) groups excluding carboxylic acids is 2. The molecule has 1 N–H and O–H groups in total.